The lowest BCUT2D eigenvalue weighted by atomic mass is 10.2. The molecule has 1 aliphatic rings. The zero-order chi connectivity index (χ0) is 22.0. The Morgan fingerprint density at radius 2 is 1.81 bits per heavy atom. The van der Waals surface area contributed by atoms with E-state index in [0.717, 1.165) is 4.57 Å². The summed E-state index contributed by atoms with van der Waals surface area (Å²) in [6, 6.07) is 7.97. The summed E-state index contributed by atoms with van der Waals surface area (Å²) in [6.45, 7) is 1.86. The van der Waals surface area contributed by atoms with Crippen molar-refractivity contribution in [3.05, 3.63) is 68.2 Å². The number of hydrogen-bond donors (Lipinski definition) is 1. The van der Waals surface area contributed by atoms with E-state index in [1.54, 1.807) is 34.1 Å². The highest BCUT2D eigenvalue weighted by Crippen LogP contribution is 2.14. The van der Waals surface area contributed by atoms with E-state index in [1.165, 1.54) is 12.3 Å². The van der Waals surface area contributed by atoms with Crippen LogP contribution in [0.15, 0.2) is 50.6 Å². The van der Waals surface area contributed by atoms with E-state index in [0.29, 0.717) is 48.5 Å². The number of amides is 2. The molecular formula is C21H21ClN4O5. The molecular weight excluding hydrogens is 424 g/mol. The van der Waals surface area contributed by atoms with Crippen LogP contribution in [0.4, 0.5) is 0 Å². The third-order valence-corrected chi connectivity index (χ3v) is 5.60. The van der Waals surface area contributed by atoms with Crippen molar-refractivity contribution >= 4 is 34.3 Å². The van der Waals surface area contributed by atoms with Crippen molar-refractivity contribution in [2.45, 2.75) is 19.4 Å². The van der Waals surface area contributed by atoms with Crippen molar-refractivity contribution in [1.82, 2.24) is 19.4 Å². The predicted molar refractivity (Wildman–Crippen MR) is 114 cm³/mol. The number of piperazine rings is 1. The summed E-state index contributed by atoms with van der Waals surface area (Å²) in [5.74, 6) is 0.0310. The van der Waals surface area contributed by atoms with Crippen LogP contribution in [0.25, 0.3) is 10.9 Å². The number of furan rings is 1. The standard InChI is InChI=1S/C21H21ClN4O5/c22-14-5-6-15-16(13-14)23-21(30)26(19(15)28)7-1-4-18(27)24-8-10-25(11-9-24)20(29)17-3-2-12-31-17/h2-3,5-6,12-13H,1,4,7-11H2,(H,23,30). The molecule has 1 aromatic carbocycles. The molecule has 10 heteroatoms. The third kappa shape index (κ3) is 4.41. The van der Waals surface area contributed by atoms with Gasteiger partial charge in [-0.15, -0.1) is 0 Å². The van der Waals surface area contributed by atoms with Crippen molar-refractivity contribution in [2.75, 3.05) is 26.2 Å². The molecule has 1 saturated heterocycles. The molecule has 0 atom stereocenters. The molecule has 4 rings (SSSR count). The fraction of sp³-hybridized carbons (Fsp3) is 0.333. The van der Waals surface area contributed by atoms with Crippen LogP contribution in [0.5, 0.6) is 0 Å². The topological polar surface area (TPSA) is 109 Å². The number of fused-ring (bicyclic) bond motifs is 1. The van der Waals surface area contributed by atoms with Crippen LogP contribution in [0.3, 0.4) is 0 Å². The molecule has 31 heavy (non-hydrogen) atoms. The molecule has 1 aliphatic heterocycles. The first kappa shape index (κ1) is 20.9. The van der Waals surface area contributed by atoms with Gasteiger partial charge in [0.2, 0.25) is 5.91 Å². The highest BCUT2D eigenvalue weighted by Gasteiger charge is 2.25. The third-order valence-electron chi connectivity index (χ3n) is 5.37. The van der Waals surface area contributed by atoms with Gasteiger partial charge in [-0.25, -0.2) is 4.79 Å². The zero-order valence-corrected chi connectivity index (χ0v) is 17.4. The Balaban J connectivity index is 1.32. The molecule has 162 valence electrons. The van der Waals surface area contributed by atoms with Gasteiger partial charge in [-0.2, -0.15) is 0 Å². The number of aromatic nitrogens is 2. The number of H-pyrrole nitrogens is 1. The van der Waals surface area contributed by atoms with Gasteiger partial charge in [0.15, 0.2) is 5.76 Å². The van der Waals surface area contributed by atoms with E-state index in [2.05, 4.69) is 4.98 Å². The normalized spacial score (nSPS) is 14.2. The fourth-order valence-electron chi connectivity index (χ4n) is 3.69. The van der Waals surface area contributed by atoms with E-state index in [1.807, 2.05) is 0 Å². The Labute approximate surface area is 181 Å². The Kier molecular flexibility index (Phi) is 5.94. The van der Waals surface area contributed by atoms with Crippen LogP contribution in [0.2, 0.25) is 5.02 Å². The van der Waals surface area contributed by atoms with Gasteiger partial charge in [0.25, 0.3) is 11.5 Å². The maximum atomic E-state index is 12.6. The van der Waals surface area contributed by atoms with Gasteiger partial charge in [-0.05, 0) is 36.8 Å². The molecule has 0 spiro atoms. The number of benzene rings is 1. The molecule has 9 nitrogen and oxygen atoms in total. The smallest absolute Gasteiger partial charge is 0.328 e. The molecule has 1 N–H and O–H groups in total. The lowest BCUT2D eigenvalue weighted by Crippen LogP contribution is -2.50. The first-order chi connectivity index (χ1) is 14.9. The number of nitrogens with zero attached hydrogens (tertiary/aromatic N) is 3. The van der Waals surface area contributed by atoms with Crippen LogP contribution in [0, 0.1) is 0 Å². The van der Waals surface area contributed by atoms with Gasteiger partial charge in [0.05, 0.1) is 17.2 Å². The van der Waals surface area contributed by atoms with Gasteiger partial charge in [-0.1, -0.05) is 11.6 Å². The van der Waals surface area contributed by atoms with Crippen LogP contribution in [-0.2, 0) is 11.3 Å². The quantitative estimate of drug-likeness (QED) is 0.644. The molecule has 3 aromatic rings. The minimum atomic E-state index is -0.530. The maximum absolute atomic E-state index is 12.6. The van der Waals surface area contributed by atoms with E-state index in [4.69, 9.17) is 16.0 Å². The average Bonchev–Trinajstić information content (AvgIpc) is 3.30. The van der Waals surface area contributed by atoms with Gasteiger partial charge < -0.3 is 19.2 Å². The Morgan fingerprint density at radius 3 is 2.52 bits per heavy atom. The second-order valence-electron chi connectivity index (χ2n) is 7.33. The van der Waals surface area contributed by atoms with E-state index >= 15 is 0 Å². The monoisotopic (exact) mass is 444 g/mol. The van der Waals surface area contributed by atoms with Crippen molar-refractivity contribution in [2.24, 2.45) is 0 Å². The molecule has 2 aromatic heterocycles. The second kappa shape index (κ2) is 8.81. The maximum Gasteiger partial charge on any atom is 0.328 e. The fourth-order valence-corrected chi connectivity index (χ4v) is 3.86. The summed E-state index contributed by atoms with van der Waals surface area (Å²) in [5, 5.41) is 0.796. The van der Waals surface area contributed by atoms with Crippen LogP contribution >= 0.6 is 11.6 Å². The average molecular weight is 445 g/mol. The summed E-state index contributed by atoms with van der Waals surface area (Å²) < 4.78 is 6.24. The summed E-state index contributed by atoms with van der Waals surface area (Å²) in [4.78, 5) is 55.7. The largest absolute Gasteiger partial charge is 0.459 e. The molecule has 0 bridgehead atoms. The highest BCUT2D eigenvalue weighted by atomic mass is 35.5. The zero-order valence-electron chi connectivity index (χ0n) is 16.7. The summed E-state index contributed by atoms with van der Waals surface area (Å²) in [6.07, 6.45) is 2.01. The molecule has 0 saturated carbocycles. The van der Waals surface area contributed by atoms with E-state index < -0.39 is 11.2 Å². The lowest BCUT2D eigenvalue weighted by Gasteiger charge is -2.34. The number of nitrogens with one attached hydrogen (secondary N) is 1. The van der Waals surface area contributed by atoms with Crippen molar-refractivity contribution in [1.29, 1.82) is 0 Å². The summed E-state index contributed by atoms with van der Waals surface area (Å²) in [7, 11) is 0. The second-order valence-corrected chi connectivity index (χ2v) is 7.77. The number of aromatic amines is 1. The van der Waals surface area contributed by atoms with Crippen LogP contribution in [-0.4, -0.2) is 57.3 Å². The van der Waals surface area contributed by atoms with Gasteiger partial charge in [0, 0.05) is 44.2 Å². The molecule has 0 aliphatic carbocycles. The number of rotatable bonds is 5. The number of halogens is 1. The molecule has 0 unspecified atom stereocenters. The summed E-state index contributed by atoms with van der Waals surface area (Å²) in [5.41, 5.74) is -0.554. The number of carbonyl (C=O) groups is 2. The van der Waals surface area contributed by atoms with E-state index in [9.17, 15) is 19.2 Å². The minimum absolute atomic E-state index is 0.0675. The van der Waals surface area contributed by atoms with Crippen molar-refractivity contribution < 1.29 is 14.0 Å². The summed E-state index contributed by atoms with van der Waals surface area (Å²) >= 11 is 5.91. The molecule has 1 fully saturated rings. The van der Waals surface area contributed by atoms with Crippen LogP contribution < -0.4 is 11.2 Å². The highest BCUT2D eigenvalue weighted by molar-refractivity contribution is 6.31. The number of hydrogen-bond acceptors (Lipinski definition) is 5. The Morgan fingerprint density at radius 1 is 1.06 bits per heavy atom. The van der Waals surface area contributed by atoms with E-state index in [-0.39, 0.29) is 30.5 Å². The van der Waals surface area contributed by atoms with Crippen LogP contribution in [0.1, 0.15) is 23.4 Å². The van der Waals surface area contributed by atoms with Crippen molar-refractivity contribution in [3.63, 3.8) is 0 Å². The van der Waals surface area contributed by atoms with Gasteiger partial charge >= 0.3 is 5.69 Å². The molecule has 3 heterocycles. The van der Waals surface area contributed by atoms with Gasteiger partial charge in [0.1, 0.15) is 0 Å². The van der Waals surface area contributed by atoms with Crippen molar-refractivity contribution in [3.8, 4) is 0 Å². The first-order valence-electron chi connectivity index (χ1n) is 9.97. The predicted octanol–water partition coefficient (Wildman–Crippen LogP) is 1.70. The Hall–Kier alpha value is -3.33. The first-order valence-corrected chi connectivity index (χ1v) is 10.3. The SMILES string of the molecule is O=C(CCCn1c(=O)[nH]c2cc(Cl)ccc2c1=O)N1CCN(C(=O)c2ccco2)CC1. The van der Waals surface area contributed by atoms with Gasteiger partial charge in [-0.3, -0.25) is 19.0 Å². The Bertz CT molecular complexity index is 1220. The number of carbonyl (C=O) groups excluding carboxylic acids is 2. The molecule has 2 amide bonds. The molecule has 0 radical (unpaired) electrons. The minimum Gasteiger partial charge on any atom is -0.459 e. The lowest BCUT2D eigenvalue weighted by molar-refractivity contribution is -0.132.